The predicted molar refractivity (Wildman–Crippen MR) is 133 cm³/mol. The average Bonchev–Trinajstić information content (AvgIpc) is 3.42. The molecule has 2 aromatic rings. The maximum Gasteiger partial charge on any atom is 0.274 e. The minimum Gasteiger partial charge on any atom is -0.393 e. The monoisotopic (exact) mass is 513 g/mol. The fourth-order valence-corrected chi connectivity index (χ4v) is 6.34. The van der Waals surface area contributed by atoms with Gasteiger partial charge in [0.15, 0.2) is 5.69 Å². The number of nitrogens with zero attached hydrogens (tertiary/aromatic N) is 5. The van der Waals surface area contributed by atoms with Gasteiger partial charge < -0.3 is 19.8 Å². The van der Waals surface area contributed by atoms with Gasteiger partial charge in [0.25, 0.3) is 12.3 Å². The first-order valence-electron chi connectivity index (χ1n) is 13.3. The molecular weight excluding hydrogens is 480 g/mol. The molecule has 3 fully saturated rings. The van der Waals surface area contributed by atoms with Crippen LogP contribution in [0.4, 0.5) is 14.5 Å². The van der Waals surface area contributed by atoms with Crippen molar-refractivity contribution >= 4 is 17.5 Å². The van der Waals surface area contributed by atoms with Crippen molar-refractivity contribution in [3.63, 3.8) is 0 Å². The molecule has 0 unspecified atom stereocenters. The maximum absolute atomic E-state index is 13.3. The Morgan fingerprint density at radius 2 is 1.81 bits per heavy atom. The minimum absolute atomic E-state index is 0.0383. The van der Waals surface area contributed by atoms with Crippen molar-refractivity contribution in [3.05, 3.63) is 46.3 Å². The summed E-state index contributed by atoms with van der Waals surface area (Å²) in [5, 5.41) is 14.5. The van der Waals surface area contributed by atoms with E-state index in [-0.39, 0.29) is 30.0 Å². The Kier molecular flexibility index (Phi) is 6.17. The first-order valence-corrected chi connectivity index (χ1v) is 13.3. The van der Waals surface area contributed by atoms with Crippen molar-refractivity contribution in [1.82, 2.24) is 19.6 Å². The number of hydrogen-bond donors (Lipinski definition) is 1. The Morgan fingerprint density at radius 3 is 2.51 bits per heavy atom. The van der Waals surface area contributed by atoms with Gasteiger partial charge in [-0.2, -0.15) is 5.10 Å². The first kappa shape index (κ1) is 24.3. The number of alkyl halides is 2. The summed E-state index contributed by atoms with van der Waals surface area (Å²) in [5.74, 6) is 0.810. The van der Waals surface area contributed by atoms with E-state index in [0.29, 0.717) is 75.2 Å². The van der Waals surface area contributed by atoms with E-state index in [1.165, 1.54) is 6.07 Å². The number of halogens is 2. The molecule has 0 bridgehead atoms. The van der Waals surface area contributed by atoms with Gasteiger partial charge in [0.05, 0.1) is 6.10 Å². The van der Waals surface area contributed by atoms with Gasteiger partial charge >= 0.3 is 0 Å². The molecule has 2 aliphatic carbocycles. The van der Waals surface area contributed by atoms with Crippen LogP contribution >= 0.6 is 0 Å². The maximum atomic E-state index is 13.3. The molecule has 1 N–H and O–H groups in total. The molecule has 10 heteroatoms. The molecule has 2 amide bonds. The van der Waals surface area contributed by atoms with Crippen LogP contribution in [0, 0.1) is 12.8 Å². The van der Waals surface area contributed by atoms with Crippen molar-refractivity contribution in [2.75, 3.05) is 44.2 Å². The summed E-state index contributed by atoms with van der Waals surface area (Å²) in [4.78, 5) is 32.2. The molecule has 1 saturated carbocycles. The molecule has 2 aliphatic heterocycles. The summed E-state index contributed by atoms with van der Waals surface area (Å²) in [6.45, 7) is 5.05. The number of fused-ring (bicyclic) bond motifs is 3. The lowest BCUT2D eigenvalue weighted by Gasteiger charge is -2.37. The number of aliphatic hydroxyl groups excluding tert-OH is 1. The fraction of sp³-hybridized carbons (Fsp3) is 0.593. The van der Waals surface area contributed by atoms with Crippen LogP contribution in [0.5, 0.6) is 0 Å². The number of benzene rings is 1. The molecular formula is C27H33F2N5O3. The Balaban J connectivity index is 1.13. The molecule has 1 aromatic carbocycles. The van der Waals surface area contributed by atoms with Gasteiger partial charge in [0, 0.05) is 61.8 Å². The number of rotatable bonds is 5. The zero-order chi connectivity index (χ0) is 25.8. The van der Waals surface area contributed by atoms with Crippen LogP contribution in [0.3, 0.4) is 0 Å². The van der Waals surface area contributed by atoms with Gasteiger partial charge in [-0.25, -0.2) is 8.78 Å². The van der Waals surface area contributed by atoms with Crippen molar-refractivity contribution in [3.8, 4) is 0 Å². The van der Waals surface area contributed by atoms with Gasteiger partial charge in [-0.05, 0) is 56.1 Å². The second-order valence-corrected chi connectivity index (χ2v) is 10.9. The lowest BCUT2D eigenvalue weighted by atomic mass is 10.1. The molecule has 3 heterocycles. The van der Waals surface area contributed by atoms with E-state index in [4.69, 9.17) is 0 Å². The summed E-state index contributed by atoms with van der Waals surface area (Å²) in [6, 6.07) is 4.98. The smallest absolute Gasteiger partial charge is 0.274 e. The van der Waals surface area contributed by atoms with Crippen LogP contribution in [0.25, 0.3) is 0 Å². The fourth-order valence-electron chi connectivity index (χ4n) is 6.34. The van der Waals surface area contributed by atoms with Crippen molar-refractivity contribution in [1.29, 1.82) is 0 Å². The van der Waals surface area contributed by atoms with Crippen molar-refractivity contribution in [2.24, 2.45) is 5.92 Å². The Labute approximate surface area is 214 Å². The van der Waals surface area contributed by atoms with E-state index in [1.807, 2.05) is 6.07 Å². The third kappa shape index (κ3) is 4.39. The van der Waals surface area contributed by atoms with Gasteiger partial charge in [-0.3, -0.25) is 14.3 Å². The molecule has 2 saturated heterocycles. The summed E-state index contributed by atoms with van der Waals surface area (Å²) < 4.78 is 28.4. The SMILES string of the molecule is Cc1c(C(F)F)cccc1N1CCN(C(=O)Cn2nc(C(=O)N3CCC(O)CC3)c3c2C[C@H]2C[C@@H]32)CC1. The molecule has 6 rings (SSSR count). The number of piperidine rings is 1. The molecule has 8 nitrogen and oxygen atoms in total. The second kappa shape index (κ2) is 9.38. The standard InChI is InChI=1S/C27H33F2N5O3/c1-16-19(26(28)29)3-2-4-21(16)31-9-11-32(12-10-31)23(36)15-34-22-14-17-13-20(17)24(22)25(30-34)27(37)33-7-5-18(35)6-8-33/h2-4,17-18,20,26,35H,5-15H2,1H3/t17-,20-/m1/s1. The zero-order valence-electron chi connectivity index (χ0n) is 21.1. The second-order valence-electron chi connectivity index (χ2n) is 10.9. The molecule has 0 spiro atoms. The van der Waals surface area contributed by atoms with E-state index in [1.54, 1.807) is 27.5 Å². The van der Waals surface area contributed by atoms with Crippen LogP contribution < -0.4 is 4.90 Å². The third-order valence-electron chi connectivity index (χ3n) is 8.64. The molecule has 4 aliphatic rings. The first-order chi connectivity index (χ1) is 17.8. The van der Waals surface area contributed by atoms with Crippen molar-refractivity contribution in [2.45, 2.75) is 57.6 Å². The zero-order valence-corrected chi connectivity index (χ0v) is 21.1. The molecule has 37 heavy (non-hydrogen) atoms. The highest BCUT2D eigenvalue weighted by Crippen LogP contribution is 2.57. The molecule has 1 aromatic heterocycles. The number of hydrogen-bond acceptors (Lipinski definition) is 5. The lowest BCUT2D eigenvalue weighted by Crippen LogP contribution is -2.50. The van der Waals surface area contributed by atoms with Crippen LogP contribution in [-0.2, 0) is 17.8 Å². The number of carbonyl (C=O) groups excluding carboxylic acids is 2. The highest BCUT2D eigenvalue weighted by molar-refractivity contribution is 5.95. The number of anilines is 1. The van der Waals surface area contributed by atoms with E-state index in [2.05, 4.69) is 10.00 Å². The van der Waals surface area contributed by atoms with Gasteiger partial charge in [-0.1, -0.05) is 12.1 Å². The minimum atomic E-state index is -2.51. The predicted octanol–water partition coefficient (Wildman–Crippen LogP) is 2.73. The quantitative estimate of drug-likeness (QED) is 0.665. The van der Waals surface area contributed by atoms with Gasteiger partial charge in [0.1, 0.15) is 6.54 Å². The highest BCUT2D eigenvalue weighted by Gasteiger charge is 2.50. The van der Waals surface area contributed by atoms with E-state index < -0.39 is 6.43 Å². The van der Waals surface area contributed by atoms with Crippen LogP contribution in [-0.4, -0.2) is 81.9 Å². The normalized spacial score (nSPS) is 23.4. The number of aromatic nitrogens is 2. The molecule has 0 radical (unpaired) electrons. The molecule has 198 valence electrons. The van der Waals surface area contributed by atoms with E-state index in [0.717, 1.165) is 29.8 Å². The topological polar surface area (TPSA) is 81.9 Å². The van der Waals surface area contributed by atoms with E-state index >= 15 is 0 Å². The van der Waals surface area contributed by atoms with Crippen LogP contribution in [0.1, 0.15) is 64.5 Å². The average molecular weight is 514 g/mol. The lowest BCUT2D eigenvalue weighted by molar-refractivity contribution is -0.132. The summed E-state index contributed by atoms with van der Waals surface area (Å²) in [5.41, 5.74) is 3.98. The van der Waals surface area contributed by atoms with E-state index in [9.17, 15) is 23.5 Å². The largest absolute Gasteiger partial charge is 0.393 e. The van der Waals surface area contributed by atoms with Crippen LogP contribution in [0.15, 0.2) is 18.2 Å². The number of amides is 2. The Hall–Kier alpha value is -3.01. The van der Waals surface area contributed by atoms with Gasteiger partial charge in [-0.15, -0.1) is 0 Å². The number of piperazine rings is 1. The Bertz CT molecular complexity index is 1210. The highest BCUT2D eigenvalue weighted by atomic mass is 19.3. The Morgan fingerprint density at radius 1 is 1.08 bits per heavy atom. The summed E-state index contributed by atoms with van der Waals surface area (Å²) in [7, 11) is 0. The van der Waals surface area contributed by atoms with Gasteiger partial charge in [0.2, 0.25) is 5.91 Å². The number of likely N-dealkylation sites (tertiary alicyclic amines) is 1. The third-order valence-corrected chi connectivity index (χ3v) is 8.64. The number of aliphatic hydroxyl groups is 1. The summed E-state index contributed by atoms with van der Waals surface area (Å²) in [6.07, 6.45) is 0.242. The van der Waals surface area contributed by atoms with Crippen molar-refractivity contribution < 1.29 is 23.5 Å². The summed E-state index contributed by atoms with van der Waals surface area (Å²) >= 11 is 0. The van der Waals surface area contributed by atoms with Crippen LogP contribution in [0.2, 0.25) is 0 Å². The number of carbonyl (C=O) groups is 2. The molecule has 2 atom stereocenters.